The van der Waals surface area contributed by atoms with Gasteiger partial charge in [0.2, 0.25) is 10.0 Å². The molecule has 0 aromatic heterocycles. The molecule has 0 amide bonds. The Bertz CT molecular complexity index is 615. The van der Waals surface area contributed by atoms with Crippen LogP contribution in [0.5, 0.6) is 5.75 Å². The van der Waals surface area contributed by atoms with Crippen LogP contribution in [0.25, 0.3) is 0 Å². The SMILES string of the molecule is COCCOc1ccc(S(=O)(=O)N[C@@H]2CCCC[C@H]2C)cc1C. The molecule has 2 rings (SSSR count). The highest BCUT2D eigenvalue weighted by Crippen LogP contribution is 2.26. The molecule has 1 saturated carbocycles. The van der Waals surface area contributed by atoms with Crippen LogP contribution in [0, 0.1) is 12.8 Å². The third-order valence-electron chi connectivity index (χ3n) is 4.42. The molecule has 23 heavy (non-hydrogen) atoms. The zero-order valence-electron chi connectivity index (χ0n) is 14.2. The Hall–Kier alpha value is -1.11. The zero-order chi connectivity index (χ0) is 16.9. The molecule has 2 atom stereocenters. The van der Waals surface area contributed by atoms with Crippen molar-refractivity contribution in [1.29, 1.82) is 0 Å². The van der Waals surface area contributed by atoms with Gasteiger partial charge in [-0.3, -0.25) is 0 Å². The average Bonchev–Trinajstić information content (AvgIpc) is 2.51. The summed E-state index contributed by atoms with van der Waals surface area (Å²) in [4.78, 5) is 0.298. The van der Waals surface area contributed by atoms with E-state index in [9.17, 15) is 8.42 Å². The summed E-state index contributed by atoms with van der Waals surface area (Å²) in [6.07, 6.45) is 4.27. The Morgan fingerprint density at radius 3 is 2.61 bits per heavy atom. The molecule has 0 radical (unpaired) electrons. The van der Waals surface area contributed by atoms with E-state index in [0.717, 1.165) is 24.8 Å². The molecular formula is C17H27NO4S. The van der Waals surface area contributed by atoms with Gasteiger partial charge >= 0.3 is 0 Å². The van der Waals surface area contributed by atoms with Gasteiger partial charge in [0.15, 0.2) is 0 Å². The molecular weight excluding hydrogens is 314 g/mol. The molecule has 1 aromatic carbocycles. The van der Waals surface area contributed by atoms with Crippen LogP contribution < -0.4 is 9.46 Å². The maximum absolute atomic E-state index is 12.6. The van der Waals surface area contributed by atoms with Gasteiger partial charge in [0.25, 0.3) is 0 Å². The minimum atomic E-state index is -3.49. The van der Waals surface area contributed by atoms with Crippen molar-refractivity contribution in [2.24, 2.45) is 5.92 Å². The fourth-order valence-electron chi connectivity index (χ4n) is 2.94. The highest BCUT2D eigenvalue weighted by molar-refractivity contribution is 7.89. The number of ether oxygens (including phenoxy) is 2. The lowest BCUT2D eigenvalue weighted by atomic mass is 9.87. The molecule has 0 bridgehead atoms. The largest absolute Gasteiger partial charge is 0.491 e. The molecule has 130 valence electrons. The molecule has 6 heteroatoms. The first-order valence-electron chi connectivity index (χ1n) is 8.19. The monoisotopic (exact) mass is 341 g/mol. The number of sulfonamides is 1. The van der Waals surface area contributed by atoms with Crippen molar-refractivity contribution in [3.05, 3.63) is 23.8 Å². The van der Waals surface area contributed by atoms with Crippen molar-refractivity contribution in [1.82, 2.24) is 4.72 Å². The summed E-state index contributed by atoms with van der Waals surface area (Å²) in [6, 6.07) is 5.01. The maximum Gasteiger partial charge on any atom is 0.240 e. The molecule has 0 aliphatic heterocycles. The molecule has 0 spiro atoms. The van der Waals surface area contributed by atoms with E-state index in [-0.39, 0.29) is 6.04 Å². The molecule has 1 aliphatic carbocycles. The fraction of sp³-hybridized carbons (Fsp3) is 0.647. The zero-order valence-corrected chi connectivity index (χ0v) is 15.0. The Labute approximate surface area is 139 Å². The van der Waals surface area contributed by atoms with E-state index >= 15 is 0 Å². The number of hydrogen-bond acceptors (Lipinski definition) is 4. The van der Waals surface area contributed by atoms with Crippen LogP contribution in [0.3, 0.4) is 0 Å². The molecule has 0 heterocycles. The average molecular weight is 341 g/mol. The summed E-state index contributed by atoms with van der Waals surface area (Å²) in [7, 11) is -1.87. The summed E-state index contributed by atoms with van der Waals surface area (Å²) < 4.78 is 38.6. The standard InChI is InChI=1S/C17H27NO4S/c1-13-6-4-5-7-16(13)18-23(19,20)15-8-9-17(14(2)12-15)22-11-10-21-3/h8-9,12-13,16,18H,4-7,10-11H2,1-3H3/t13-,16-/m1/s1. The molecule has 1 aliphatic rings. The summed E-state index contributed by atoms with van der Waals surface area (Å²) in [5.74, 6) is 1.07. The molecule has 5 nitrogen and oxygen atoms in total. The predicted molar refractivity (Wildman–Crippen MR) is 90.3 cm³/mol. The van der Waals surface area contributed by atoms with Crippen LogP contribution in [-0.2, 0) is 14.8 Å². The summed E-state index contributed by atoms with van der Waals surface area (Å²) in [6.45, 7) is 4.91. The number of benzene rings is 1. The fourth-order valence-corrected chi connectivity index (χ4v) is 4.41. The van der Waals surface area contributed by atoms with Crippen LogP contribution >= 0.6 is 0 Å². The Kier molecular flexibility index (Phi) is 6.44. The van der Waals surface area contributed by atoms with Gasteiger partial charge in [-0.2, -0.15) is 0 Å². The lowest BCUT2D eigenvalue weighted by molar-refractivity contribution is 0.146. The summed E-state index contributed by atoms with van der Waals surface area (Å²) >= 11 is 0. The van der Waals surface area contributed by atoms with Gasteiger partial charge in [-0.15, -0.1) is 0 Å². The van der Waals surface area contributed by atoms with Crippen molar-refractivity contribution in [3.63, 3.8) is 0 Å². The highest BCUT2D eigenvalue weighted by atomic mass is 32.2. The van der Waals surface area contributed by atoms with Crippen molar-refractivity contribution in [3.8, 4) is 5.75 Å². The molecule has 1 aromatic rings. The first kappa shape index (κ1) is 18.2. The van der Waals surface area contributed by atoms with Crippen molar-refractivity contribution in [2.75, 3.05) is 20.3 Å². The van der Waals surface area contributed by atoms with Gasteiger partial charge in [-0.25, -0.2) is 13.1 Å². The van der Waals surface area contributed by atoms with Crippen LogP contribution in [0.15, 0.2) is 23.1 Å². The van der Waals surface area contributed by atoms with Gasteiger partial charge in [-0.05, 0) is 49.4 Å². The first-order chi connectivity index (χ1) is 10.9. The number of hydrogen-bond donors (Lipinski definition) is 1. The van der Waals surface area contributed by atoms with Crippen LogP contribution in [-0.4, -0.2) is 34.8 Å². The lowest BCUT2D eigenvalue weighted by Crippen LogP contribution is -2.40. The van der Waals surface area contributed by atoms with Crippen LogP contribution in [0.2, 0.25) is 0 Å². The van der Waals surface area contributed by atoms with Crippen molar-refractivity contribution in [2.45, 2.75) is 50.5 Å². The number of rotatable bonds is 7. The Morgan fingerprint density at radius 2 is 1.96 bits per heavy atom. The van der Waals surface area contributed by atoms with E-state index in [1.54, 1.807) is 25.3 Å². The van der Waals surface area contributed by atoms with Crippen molar-refractivity contribution < 1.29 is 17.9 Å². The van der Waals surface area contributed by atoms with Gasteiger partial charge in [0.1, 0.15) is 12.4 Å². The van der Waals surface area contributed by atoms with E-state index in [0.29, 0.717) is 29.8 Å². The van der Waals surface area contributed by atoms with Crippen LogP contribution in [0.1, 0.15) is 38.2 Å². The predicted octanol–water partition coefficient (Wildman–Crippen LogP) is 2.88. The smallest absolute Gasteiger partial charge is 0.240 e. The maximum atomic E-state index is 12.6. The van der Waals surface area contributed by atoms with E-state index in [1.807, 2.05) is 6.92 Å². The topological polar surface area (TPSA) is 64.6 Å². The highest BCUT2D eigenvalue weighted by Gasteiger charge is 2.27. The number of methoxy groups -OCH3 is 1. The third kappa shape index (κ3) is 4.93. The second-order valence-electron chi connectivity index (χ2n) is 6.26. The third-order valence-corrected chi connectivity index (χ3v) is 5.91. The second-order valence-corrected chi connectivity index (χ2v) is 7.97. The Morgan fingerprint density at radius 1 is 1.22 bits per heavy atom. The number of nitrogens with one attached hydrogen (secondary N) is 1. The van der Waals surface area contributed by atoms with Gasteiger partial charge in [-0.1, -0.05) is 19.8 Å². The Balaban J connectivity index is 2.08. The van der Waals surface area contributed by atoms with E-state index in [1.165, 1.54) is 6.42 Å². The normalized spacial score (nSPS) is 22.0. The minimum absolute atomic E-state index is 0.0340. The van der Waals surface area contributed by atoms with E-state index in [2.05, 4.69) is 11.6 Å². The minimum Gasteiger partial charge on any atom is -0.491 e. The quantitative estimate of drug-likeness (QED) is 0.775. The summed E-state index contributed by atoms with van der Waals surface area (Å²) in [5.41, 5.74) is 0.806. The lowest BCUT2D eigenvalue weighted by Gasteiger charge is -2.29. The van der Waals surface area contributed by atoms with Gasteiger partial charge < -0.3 is 9.47 Å². The second kappa shape index (κ2) is 8.13. The molecule has 1 fully saturated rings. The van der Waals surface area contributed by atoms with Gasteiger partial charge in [0.05, 0.1) is 11.5 Å². The summed E-state index contributed by atoms with van der Waals surface area (Å²) in [5, 5.41) is 0. The molecule has 1 N–H and O–H groups in total. The van der Waals surface area contributed by atoms with Gasteiger partial charge in [0, 0.05) is 13.2 Å². The molecule has 0 saturated heterocycles. The number of aryl methyl sites for hydroxylation is 1. The molecule has 0 unspecified atom stereocenters. The van der Waals surface area contributed by atoms with Crippen LogP contribution in [0.4, 0.5) is 0 Å². The van der Waals surface area contributed by atoms with Crippen molar-refractivity contribution >= 4 is 10.0 Å². The van der Waals surface area contributed by atoms with E-state index < -0.39 is 10.0 Å². The first-order valence-corrected chi connectivity index (χ1v) is 9.67. The van der Waals surface area contributed by atoms with E-state index in [4.69, 9.17) is 9.47 Å².